The molecular formula is C15H24FN3O. The predicted octanol–water partition coefficient (Wildman–Crippen LogP) is 2.28. The fraction of sp³-hybridized carbons (Fsp3) is 0.600. The average molecular weight is 281 g/mol. The van der Waals surface area contributed by atoms with Crippen LogP contribution in [0.1, 0.15) is 44.9 Å². The number of amides is 1. The Labute approximate surface area is 120 Å². The maximum absolute atomic E-state index is 11.8. The lowest BCUT2D eigenvalue weighted by molar-refractivity contribution is -0.128. The molecule has 5 heteroatoms. The van der Waals surface area contributed by atoms with Crippen LogP contribution in [0, 0.1) is 5.41 Å². The van der Waals surface area contributed by atoms with Crippen molar-refractivity contribution in [2.45, 2.75) is 45.7 Å². The summed E-state index contributed by atoms with van der Waals surface area (Å²) in [7, 11) is 0.500. The van der Waals surface area contributed by atoms with E-state index in [2.05, 4.69) is 10.3 Å². The van der Waals surface area contributed by atoms with E-state index in [1.165, 1.54) is 0 Å². The molecular weight excluding hydrogens is 257 g/mol. The molecule has 0 unspecified atom stereocenters. The summed E-state index contributed by atoms with van der Waals surface area (Å²) in [6.07, 6.45) is 3.76. The molecule has 1 aliphatic rings. The standard InChI is InChI=1S/C14H21N3O.CH3F/c1-13(2,3)12(18)17-9-10-4-7-16-11(8-10)14(15)5-6-14;1-2/h4,7-8H,5-6,9,15H2,1-3H3,(H,17,18);1H3. The smallest absolute Gasteiger partial charge is 0.225 e. The van der Waals surface area contributed by atoms with E-state index >= 15 is 0 Å². The molecule has 4 nitrogen and oxygen atoms in total. The Morgan fingerprint density at radius 1 is 1.45 bits per heavy atom. The van der Waals surface area contributed by atoms with Crippen LogP contribution in [0.15, 0.2) is 18.3 Å². The lowest BCUT2D eigenvalue weighted by Gasteiger charge is -2.18. The molecule has 0 aliphatic heterocycles. The SMILES string of the molecule is CC(C)(C)C(=O)NCc1ccnc(C2(N)CC2)c1.CF. The highest BCUT2D eigenvalue weighted by Gasteiger charge is 2.41. The third-order valence-corrected chi connectivity index (χ3v) is 3.26. The minimum Gasteiger partial charge on any atom is -0.352 e. The Morgan fingerprint density at radius 2 is 2.05 bits per heavy atom. The first kappa shape index (κ1) is 16.6. The number of halogens is 1. The molecule has 0 bridgehead atoms. The zero-order chi connectivity index (χ0) is 15.4. The summed E-state index contributed by atoms with van der Waals surface area (Å²) in [5, 5.41) is 2.93. The van der Waals surface area contributed by atoms with Gasteiger partial charge in [-0.1, -0.05) is 20.8 Å². The highest BCUT2D eigenvalue weighted by molar-refractivity contribution is 5.81. The maximum Gasteiger partial charge on any atom is 0.225 e. The third kappa shape index (κ3) is 4.27. The molecule has 0 aromatic carbocycles. The second kappa shape index (κ2) is 6.31. The van der Waals surface area contributed by atoms with Crippen molar-refractivity contribution in [1.82, 2.24) is 10.3 Å². The topological polar surface area (TPSA) is 68.0 Å². The van der Waals surface area contributed by atoms with Gasteiger partial charge in [-0.2, -0.15) is 0 Å². The van der Waals surface area contributed by atoms with Crippen LogP contribution in [0.25, 0.3) is 0 Å². The molecule has 1 aliphatic carbocycles. The Balaban J connectivity index is 0.000000956. The summed E-state index contributed by atoms with van der Waals surface area (Å²) >= 11 is 0. The third-order valence-electron chi connectivity index (χ3n) is 3.26. The highest BCUT2D eigenvalue weighted by Crippen LogP contribution is 2.41. The van der Waals surface area contributed by atoms with Gasteiger partial charge in [0.1, 0.15) is 0 Å². The molecule has 0 saturated heterocycles. The van der Waals surface area contributed by atoms with E-state index in [-0.39, 0.29) is 16.9 Å². The number of carbonyl (C=O) groups is 1. The number of nitrogens with two attached hydrogens (primary N) is 1. The zero-order valence-electron chi connectivity index (χ0n) is 12.7. The van der Waals surface area contributed by atoms with Crippen molar-refractivity contribution < 1.29 is 9.18 Å². The molecule has 1 saturated carbocycles. The molecule has 3 N–H and O–H groups in total. The lowest BCUT2D eigenvalue weighted by Crippen LogP contribution is -2.34. The summed E-state index contributed by atoms with van der Waals surface area (Å²) in [6.45, 7) is 6.24. The van der Waals surface area contributed by atoms with Crippen LogP contribution in [0.2, 0.25) is 0 Å². The van der Waals surface area contributed by atoms with Crippen molar-refractivity contribution in [3.63, 3.8) is 0 Å². The van der Waals surface area contributed by atoms with Gasteiger partial charge in [0, 0.05) is 18.2 Å². The van der Waals surface area contributed by atoms with Gasteiger partial charge in [-0.3, -0.25) is 14.2 Å². The molecule has 112 valence electrons. The van der Waals surface area contributed by atoms with Gasteiger partial charge < -0.3 is 11.1 Å². The predicted molar refractivity (Wildman–Crippen MR) is 77.7 cm³/mol. The van der Waals surface area contributed by atoms with E-state index in [0.717, 1.165) is 24.1 Å². The number of nitrogens with one attached hydrogen (secondary N) is 1. The fourth-order valence-electron chi connectivity index (χ4n) is 1.69. The van der Waals surface area contributed by atoms with Crippen LogP contribution in [0.5, 0.6) is 0 Å². The number of pyridine rings is 1. The number of hydrogen-bond donors (Lipinski definition) is 2. The van der Waals surface area contributed by atoms with Gasteiger partial charge in [-0.25, -0.2) is 0 Å². The summed E-state index contributed by atoms with van der Waals surface area (Å²) in [6, 6.07) is 3.91. The Bertz CT molecular complexity index is 464. The summed E-state index contributed by atoms with van der Waals surface area (Å²) in [5.74, 6) is 0.0507. The first-order chi connectivity index (χ1) is 9.31. The van der Waals surface area contributed by atoms with E-state index in [1.54, 1.807) is 6.20 Å². The minimum absolute atomic E-state index is 0.0507. The molecule has 1 fully saturated rings. The van der Waals surface area contributed by atoms with Crippen LogP contribution < -0.4 is 11.1 Å². The van der Waals surface area contributed by atoms with Crippen LogP contribution in [0.3, 0.4) is 0 Å². The molecule has 20 heavy (non-hydrogen) atoms. The van der Waals surface area contributed by atoms with Crippen molar-refractivity contribution >= 4 is 5.91 Å². The number of hydrogen-bond acceptors (Lipinski definition) is 3. The summed E-state index contributed by atoms with van der Waals surface area (Å²) in [4.78, 5) is 16.1. The van der Waals surface area contributed by atoms with Gasteiger partial charge in [-0.15, -0.1) is 0 Å². The van der Waals surface area contributed by atoms with E-state index in [4.69, 9.17) is 5.73 Å². The lowest BCUT2D eigenvalue weighted by atomic mass is 9.95. The zero-order valence-corrected chi connectivity index (χ0v) is 12.7. The van der Waals surface area contributed by atoms with Gasteiger partial charge in [0.2, 0.25) is 5.91 Å². The van der Waals surface area contributed by atoms with Gasteiger partial charge >= 0.3 is 0 Å². The highest BCUT2D eigenvalue weighted by atomic mass is 19.1. The summed E-state index contributed by atoms with van der Waals surface area (Å²) in [5.41, 5.74) is 7.52. The number of carbonyl (C=O) groups excluding carboxylic acids is 1. The number of alkyl halides is 1. The maximum atomic E-state index is 11.8. The van der Waals surface area contributed by atoms with Gasteiger partial charge in [0.25, 0.3) is 0 Å². The van der Waals surface area contributed by atoms with E-state index in [9.17, 15) is 9.18 Å². The van der Waals surface area contributed by atoms with Crippen molar-refractivity contribution in [1.29, 1.82) is 0 Å². The average Bonchev–Trinajstić information content (AvgIpc) is 3.17. The molecule has 2 rings (SSSR count). The first-order valence-corrected chi connectivity index (χ1v) is 6.72. The van der Waals surface area contributed by atoms with Crippen LogP contribution >= 0.6 is 0 Å². The second-order valence-corrected chi connectivity index (χ2v) is 6.14. The Kier molecular flexibility index (Phi) is 5.22. The first-order valence-electron chi connectivity index (χ1n) is 6.72. The van der Waals surface area contributed by atoms with Gasteiger partial charge in [0.15, 0.2) is 0 Å². The largest absolute Gasteiger partial charge is 0.352 e. The molecule has 1 aromatic heterocycles. The number of nitrogens with zero attached hydrogens (tertiary/aromatic N) is 1. The number of rotatable bonds is 3. The van der Waals surface area contributed by atoms with Crippen molar-refractivity contribution in [2.24, 2.45) is 11.1 Å². The van der Waals surface area contributed by atoms with E-state index < -0.39 is 0 Å². The van der Waals surface area contributed by atoms with Gasteiger partial charge in [-0.05, 0) is 30.5 Å². The fourth-order valence-corrected chi connectivity index (χ4v) is 1.69. The van der Waals surface area contributed by atoms with Crippen LogP contribution in [-0.4, -0.2) is 18.1 Å². The van der Waals surface area contributed by atoms with Crippen LogP contribution in [-0.2, 0) is 16.9 Å². The molecule has 0 atom stereocenters. The molecule has 1 heterocycles. The van der Waals surface area contributed by atoms with E-state index in [0.29, 0.717) is 13.7 Å². The normalized spacial score (nSPS) is 15.9. The Hall–Kier alpha value is -1.49. The Morgan fingerprint density at radius 3 is 2.55 bits per heavy atom. The monoisotopic (exact) mass is 281 g/mol. The van der Waals surface area contributed by atoms with E-state index in [1.807, 2.05) is 32.9 Å². The second-order valence-electron chi connectivity index (χ2n) is 6.14. The summed E-state index contributed by atoms with van der Waals surface area (Å²) < 4.78 is 9.50. The molecule has 1 amide bonds. The van der Waals surface area contributed by atoms with Gasteiger partial charge in [0.05, 0.1) is 18.4 Å². The van der Waals surface area contributed by atoms with Crippen molar-refractivity contribution in [2.75, 3.05) is 7.18 Å². The molecule has 1 aromatic rings. The number of aromatic nitrogens is 1. The minimum atomic E-state index is -0.360. The molecule has 0 radical (unpaired) electrons. The van der Waals surface area contributed by atoms with Crippen molar-refractivity contribution in [3.8, 4) is 0 Å². The molecule has 0 spiro atoms. The van der Waals surface area contributed by atoms with Crippen molar-refractivity contribution in [3.05, 3.63) is 29.6 Å². The quantitative estimate of drug-likeness (QED) is 0.893. The van der Waals surface area contributed by atoms with Crippen LogP contribution in [0.4, 0.5) is 4.39 Å².